The van der Waals surface area contributed by atoms with Crippen LogP contribution in [0.25, 0.3) is 0 Å². The number of likely N-dealkylation sites (tertiary alicyclic amines) is 1. The van der Waals surface area contributed by atoms with E-state index in [2.05, 4.69) is 58.5 Å². The molecule has 6 heteroatoms. The zero-order chi connectivity index (χ0) is 20.5. The van der Waals surface area contributed by atoms with Crippen LogP contribution in [0.15, 0.2) is 47.1 Å². The molecule has 1 aliphatic rings. The summed E-state index contributed by atoms with van der Waals surface area (Å²) in [5.74, 6) is 0.913. The summed E-state index contributed by atoms with van der Waals surface area (Å²) < 4.78 is 5.61. The number of benzene rings is 1. The van der Waals surface area contributed by atoms with Crippen LogP contribution in [0, 0.1) is 0 Å². The third kappa shape index (κ3) is 6.34. The fourth-order valence-corrected chi connectivity index (χ4v) is 3.85. The lowest BCUT2D eigenvalue weighted by Gasteiger charge is -2.26. The van der Waals surface area contributed by atoms with Crippen molar-refractivity contribution in [1.82, 2.24) is 20.4 Å². The Hall–Kier alpha value is -2.31. The van der Waals surface area contributed by atoms with Gasteiger partial charge in [0.15, 0.2) is 0 Å². The van der Waals surface area contributed by atoms with Gasteiger partial charge in [0.1, 0.15) is 5.76 Å². The van der Waals surface area contributed by atoms with Crippen molar-refractivity contribution in [2.24, 2.45) is 0 Å². The van der Waals surface area contributed by atoms with Crippen molar-refractivity contribution >= 4 is 6.03 Å². The maximum atomic E-state index is 12.3. The van der Waals surface area contributed by atoms with Gasteiger partial charge in [-0.1, -0.05) is 38.1 Å². The van der Waals surface area contributed by atoms with Gasteiger partial charge in [-0.15, -0.1) is 0 Å². The van der Waals surface area contributed by atoms with Gasteiger partial charge in [-0.3, -0.25) is 9.80 Å². The molecule has 158 valence electrons. The smallest absolute Gasteiger partial charge is 0.315 e. The molecule has 0 radical (unpaired) electrons. The SMILES string of the molecule is CCN(CC)Cc1ccc(CNC(=O)NCC(c2ccco2)N2CCCC2)cc1. The lowest BCUT2D eigenvalue weighted by molar-refractivity contribution is 0.203. The number of nitrogens with one attached hydrogen (secondary N) is 2. The van der Waals surface area contributed by atoms with E-state index < -0.39 is 0 Å². The van der Waals surface area contributed by atoms with Crippen LogP contribution in [0.4, 0.5) is 4.79 Å². The molecule has 29 heavy (non-hydrogen) atoms. The molecule has 2 heterocycles. The van der Waals surface area contributed by atoms with Crippen molar-refractivity contribution in [2.75, 3.05) is 32.7 Å². The maximum Gasteiger partial charge on any atom is 0.315 e. The molecular weight excluding hydrogens is 364 g/mol. The summed E-state index contributed by atoms with van der Waals surface area (Å²) in [5.41, 5.74) is 2.40. The van der Waals surface area contributed by atoms with E-state index in [0.29, 0.717) is 13.1 Å². The van der Waals surface area contributed by atoms with Gasteiger partial charge in [0.2, 0.25) is 0 Å². The van der Waals surface area contributed by atoms with Gasteiger partial charge in [-0.2, -0.15) is 0 Å². The highest BCUT2D eigenvalue weighted by atomic mass is 16.3. The normalized spacial score (nSPS) is 15.6. The number of carbonyl (C=O) groups is 1. The minimum Gasteiger partial charge on any atom is -0.468 e. The molecule has 2 amide bonds. The fraction of sp³-hybridized carbons (Fsp3) is 0.522. The van der Waals surface area contributed by atoms with E-state index in [4.69, 9.17) is 4.42 Å². The van der Waals surface area contributed by atoms with Crippen molar-refractivity contribution in [1.29, 1.82) is 0 Å². The summed E-state index contributed by atoms with van der Waals surface area (Å²) in [6.07, 6.45) is 4.10. The average Bonchev–Trinajstić information content (AvgIpc) is 3.46. The summed E-state index contributed by atoms with van der Waals surface area (Å²) in [7, 11) is 0. The van der Waals surface area contributed by atoms with Crippen LogP contribution in [0.5, 0.6) is 0 Å². The highest BCUT2D eigenvalue weighted by molar-refractivity contribution is 5.73. The molecule has 1 saturated heterocycles. The fourth-order valence-electron chi connectivity index (χ4n) is 3.85. The largest absolute Gasteiger partial charge is 0.468 e. The molecular formula is C23H34N4O2. The Bertz CT molecular complexity index is 720. The predicted molar refractivity (Wildman–Crippen MR) is 116 cm³/mol. The third-order valence-electron chi connectivity index (χ3n) is 5.69. The van der Waals surface area contributed by atoms with Gasteiger partial charge in [-0.25, -0.2) is 4.79 Å². The molecule has 1 fully saturated rings. The highest BCUT2D eigenvalue weighted by Gasteiger charge is 2.25. The first-order chi connectivity index (χ1) is 14.2. The summed E-state index contributed by atoms with van der Waals surface area (Å²) >= 11 is 0. The first kappa shape index (κ1) is 21.4. The second-order valence-electron chi connectivity index (χ2n) is 7.62. The van der Waals surface area contributed by atoms with Crippen molar-refractivity contribution in [2.45, 2.75) is 45.8 Å². The van der Waals surface area contributed by atoms with Crippen molar-refractivity contribution in [3.8, 4) is 0 Å². The van der Waals surface area contributed by atoms with Gasteiger partial charge >= 0.3 is 6.03 Å². The van der Waals surface area contributed by atoms with Gasteiger partial charge in [-0.05, 0) is 62.3 Å². The van der Waals surface area contributed by atoms with Crippen molar-refractivity contribution in [3.05, 3.63) is 59.5 Å². The predicted octanol–water partition coefficient (Wildman–Crippen LogP) is 3.76. The van der Waals surface area contributed by atoms with Gasteiger partial charge in [0.05, 0.1) is 12.3 Å². The molecule has 1 unspecified atom stereocenters. The van der Waals surface area contributed by atoms with E-state index in [1.54, 1.807) is 6.26 Å². The maximum absolute atomic E-state index is 12.3. The molecule has 0 bridgehead atoms. The molecule has 1 aromatic heterocycles. The number of furan rings is 1. The Morgan fingerprint density at radius 3 is 2.38 bits per heavy atom. The standard InChI is InChI=1S/C23H34N4O2/c1-3-26(4-2)18-20-11-9-19(10-12-20)16-24-23(28)25-17-21(22-8-7-15-29-22)27-13-5-6-14-27/h7-12,15,21H,3-6,13-14,16-18H2,1-2H3,(H2,24,25,28). The molecule has 3 rings (SSSR count). The first-order valence-corrected chi connectivity index (χ1v) is 10.8. The monoisotopic (exact) mass is 398 g/mol. The number of hydrogen-bond donors (Lipinski definition) is 2. The van der Waals surface area contributed by atoms with Crippen molar-refractivity contribution < 1.29 is 9.21 Å². The second-order valence-corrected chi connectivity index (χ2v) is 7.62. The van der Waals surface area contributed by atoms with Gasteiger partial charge in [0, 0.05) is 19.6 Å². The minimum atomic E-state index is -0.145. The number of amides is 2. The molecule has 0 spiro atoms. The van der Waals surface area contributed by atoms with E-state index in [1.165, 1.54) is 18.4 Å². The number of rotatable bonds is 10. The van der Waals surface area contributed by atoms with Gasteiger partial charge < -0.3 is 15.1 Å². The molecule has 1 aromatic carbocycles. The molecule has 6 nitrogen and oxygen atoms in total. The Balaban J connectivity index is 1.45. The van der Waals surface area contributed by atoms with Crippen LogP contribution in [0.1, 0.15) is 49.6 Å². The second kappa shape index (κ2) is 11.0. The number of urea groups is 1. The summed E-state index contributed by atoms with van der Waals surface area (Å²) in [6.45, 7) is 10.6. The Labute approximate surface area is 174 Å². The average molecular weight is 399 g/mol. The van der Waals surface area contributed by atoms with Crippen LogP contribution in [-0.4, -0.2) is 48.6 Å². The van der Waals surface area contributed by atoms with Crippen LogP contribution in [0.3, 0.4) is 0 Å². The zero-order valence-corrected chi connectivity index (χ0v) is 17.7. The Morgan fingerprint density at radius 1 is 1.07 bits per heavy atom. The molecule has 2 N–H and O–H groups in total. The summed E-state index contributed by atoms with van der Waals surface area (Å²) in [5, 5.41) is 5.98. The lowest BCUT2D eigenvalue weighted by Crippen LogP contribution is -2.41. The van der Waals surface area contributed by atoms with Crippen LogP contribution >= 0.6 is 0 Å². The molecule has 1 atom stereocenters. The topological polar surface area (TPSA) is 60.8 Å². The number of hydrogen-bond acceptors (Lipinski definition) is 4. The van der Waals surface area contributed by atoms with Gasteiger partial charge in [0.25, 0.3) is 0 Å². The van der Waals surface area contributed by atoms with Crippen LogP contribution in [-0.2, 0) is 13.1 Å². The Morgan fingerprint density at radius 2 is 1.76 bits per heavy atom. The van der Waals surface area contributed by atoms with Crippen LogP contribution in [0.2, 0.25) is 0 Å². The lowest BCUT2D eigenvalue weighted by atomic mass is 10.1. The molecule has 1 aliphatic heterocycles. The van der Waals surface area contributed by atoms with Crippen LogP contribution < -0.4 is 10.6 Å². The summed E-state index contributed by atoms with van der Waals surface area (Å²) in [4.78, 5) is 17.1. The summed E-state index contributed by atoms with van der Waals surface area (Å²) in [6, 6.07) is 12.3. The quantitative estimate of drug-likeness (QED) is 0.640. The molecule has 0 saturated carbocycles. The minimum absolute atomic E-state index is 0.0950. The molecule has 2 aromatic rings. The Kier molecular flexibility index (Phi) is 8.14. The zero-order valence-electron chi connectivity index (χ0n) is 17.7. The van der Waals surface area contributed by atoms with E-state index in [0.717, 1.165) is 44.0 Å². The highest BCUT2D eigenvalue weighted by Crippen LogP contribution is 2.24. The van der Waals surface area contributed by atoms with E-state index in [-0.39, 0.29) is 12.1 Å². The van der Waals surface area contributed by atoms with E-state index >= 15 is 0 Å². The molecule has 0 aliphatic carbocycles. The first-order valence-electron chi connectivity index (χ1n) is 10.8. The number of nitrogens with zero attached hydrogens (tertiary/aromatic N) is 2. The van der Waals surface area contributed by atoms with E-state index in [1.807, 2.05) is 12.1 Å². The van der Waals surface area contributed by atoms with E-state index in [9.17, 15) is 4.79 Å². The van der Waals surface area contributed by atoms with Crippen molar-refractivity contribution in [3.63, 3.8) is 0 Å². The third-order valence-corrected chi connectivity index (χ3v) is 5.69. The number of carbonyl (C=O) groups excluding carboxylic acids is 1.